The number of anilines is 3. The summed E-state index contributed by atoms with van der Waals surface area (Å²) in [5.74, 6) is 0. The molecule has 0 bridgehead atoms. The van der Waals surface area contributed by atoms with Crippen molar-refractivity contribution in [1.29, 1.82) is 0 Å². The zero-order chi connectivity index (χ0) is 35.4. The Bertz CT molecular complexity index is 2660. The number of nitrogens with zero attached hydrogens (tertiary/aromatic N) is 3. The molecule has 9 rings (SSSR count). The number of hydrogen-bond acceptors (Lipinski definition) is 2. The highest BCUT2D eigenvalue weighted by molar-refractivity contribution is 6.10. The molecule has 1 aliphatic carbocycles. The van der Waals surface area contributed by atoms with Crippen LogP contribution >= 0.6 is 0 Å². The Kier molecular flexibility index (Phi) is 7.52. The molecule has 250 valence electrons. The summed E-state index contributed by atoms with van der Waals surface area (Å²) in [5, 5.41) is 2.50. The van der Waals surface area contributed by atoms with Crippen LogP contribution in [0, 0.1) is 0 Å². The number of hydrogen-bond donors (Lipinski definition) is 0. The third-order valence-corrected chi connectivity index (χ3v) is 11.0. The SMILES string of the molecule is C=CC1=C(C)C(C)(C)c2cc(N(c3ccc(-c4ccc5c(c4)c4ccccc4n5-c4ccccc4)cc3)c3cccc(-c4cccnc4)c3)ccc21. The van der Waals surface area contributed by atoms with Gasteiger partial charge in [0.05, 0.1) is 11.0 Å². The Labute approximate surface area is 305 Å². The van der Waals surface area contributed by atoms with Gasteiger partial charge >= 0.3 is 0 Å². The Morgan fingerprint density at radius 3 is 2.08 bits per heavy atom. The van der Waals surface area contributed by atoms with E-state index in [2.05, 4.69) is 187 Å². The van der Waals surface area contributed by atoms with Gasteiger partial charge in [-0.05, 0) is 113 Å². The maximum absolute atomic E-state index is 4.39. The van der Waals surface area contributed by atoms with E-state index < -0.39 is 0 Å². The fourth-order valence-electron chi connectivity index (χ4n) is 8.04. The summed E-state index contributed by atoms with van der Waals surface area (Å²) in [4.78, 5) is 6.77. The predicted octanol–water partition coefficient (Wildman–Crippen LogP) is 13.2. The van der Waals surface area contributed by atoms with Crippen molar-refractivity contribution in [2.24, 2.45) is 0 Å². The van der Waals surface area contributed by atoms with Crippen molar-refractivity contribution < 1.29 is 0 Å². The lowest BCUT2D eigenvalue weighted by Gasteiger charge is -2.29. The van der Waals surface area contributed by atoms with Crippen LogP contribution in [0.5, 0.6) is 0 Å². The van der Waals surface area contributed by atoms with Gasteiger partial charge < -0.3 is 9.47 Å². The van der Waals surface area contributed by atoms with Crippen molar-refractivity contribution in [3.63, 3.8) is 0 Å². The minimum absolute atomic E-state index is 0.0930. The fraction of sp³-hybridized carbons (Fsp3) is 0.0816. The minimum atomic E-state index is -0.0930. The lowest BCUT2D eigenvalue weighted by molar-refractivity contribution is 0.639. The van der Waals surface area contributed by atoms with Crippen LogP contribution < -0.4 is 4.90 Å². The average Bonchev–Trinajstić information content (AvgIpc) is 3.62. The van der Waals surface area contributed by atoms with E-state index >= 15 is 0 Å². The summed E-state index contributed by atoms with van der Waals surface area (Å²) in [6.07, 6.45) is 5.75. The second-order valence-corrected chi connectivity index (χ2v) is 14.2. The molecule has 0 saturated carbocycles. The van der Waals surface area contributed by atoms with E-state index in [0.29, 0.717) is 0 Å². The largest absolute Gasteiger partial charge is 0.310 e. The number of para-hydroxylation sites is 2. The molecule has 0 radical (unpaired) electrons. The van der Waals surface area contributed by atoms with Gasteiger partial charge in [0.1, 0.15) is 0 Å². The minimum Gasteiger partial charge on any atom is -0.310 e. The molecule has 1 aliphatic rings. The van der Waals surface area contributed by atoms with Crippen LogP contribution in [0.25, 0.3) is 55.3 Å². The standard InChI is InChI=1S/C49H39N3/c1-5-42-33(2)49(3,4)46-31-41(25-26-43(42)46)51(40-17-11-13-35(29-40)37-14-12-28-50-32-37)39-23-20-34(21-24-39)36-22-27-48-45(30-36)44-18-9-10-19-47(44)52(48)38-15-7-6-8-16-38/h5-32H,1H2,2-4H3. The van der Waals surface area contributed by atoms with E-state index in [0.717, 1.165) is 28.2 Å². The molecule has 0 fully saturated rings. The Morgan fingerprint density at radius 2 is 1.29 bits per heavy atom. The van der Waals surface area contributed by atoms with Gasteiger partial charge in [-0.2, -0.15) is 0 Å². The molecule has 0 amide bonds. The van der Waals surface area contributed by atoms with Gasteiger partial charge in [0, 0.05) is 56.9 Å². The van der Waals surface area contributed by atoms with Crippen molar-refractivity contribution in [3.05, 3.63) is 193 Å². The quantitative estimate of drug-likeness (QED) is 0.168. The van der Waals surface area contributed by atoms with Crippen LogP contribution in [-0.4, -0.2) is 9.55 Å². The zero-order valence-electron chi connectivity index (χ0n) is 29.7. The van der Waals surface area contributed by atoms with Crippen LogP contribution in [0.3, 0.4) is 0 Å². The summed E-state index contributed by atoms with van der Waals surface area (Å²) >= 11 is 0. The fourth-order valence-corrected chi connectivity index (χ4v) is 8.04. The summed E-state index contributed by atoms with van der Waals surface area (Å²) in [6.45, 7) is 11.0. The first-order valence-electron chi connectivity index (χ1n) is 17.9. The van der Waals surface area contributed by atoms with E-state index in [1.165, 1.54) is 60.9 Å². The van der Waals surface area contributed by atoms with Crippen molar-refractivity contribution in [1.82, 2.24) is 9.55 Å². The molecule has 0 N–H and O–H groups in total. The Hall–Kier alpha value is -6.45. The van der Waals surface area contributed by atoms with Gasteiger partial charge in [-0.15, -0.1) is 0 Å². The van der Waals surface area contributed by atoms with Crippen LogP contribution in [0.15, 0.2) is 182 Å². The van der Waals surface area contributed by atoms with Gasteiger partial charge in [0.15, 0.2) is 0 Å². The molecule has 0 unspecified atom stereocenters. The van der Waals surface area contributed by atoms with Crippen LogP contribution in [-0.2, 0) is 5.41 Å². The Balaban J connectivity index is 1.15. The van der Waals surface area contributed by atoms with Gasteiger partial charge in [0.25, 0.3) is 0 Å². The maximum atomic E-state index is 4.39. The van der Waals surface area contributed by atoms with Gasteiger partial charge in [-0.1, -0.05) is 111 Å². The molecule has 0 atom stereocenters. The van der Waals surface area contributed by atoms with Crippen LogP contribution in [0.2, 0.25) is 0 Å². The highest BCUT2D eigenvalue weighted by Crippen LogP contribution is 2.49. The smallest absolute Gasteiger partial charge is 0.0541 e. The first-order valence-corrected chi connectivity index (χ1v) is 17.9. The number of benzene rings is 6. The van der Waals surface area contributed by atoms with E-state index in [1.54, 1.807) is 0 Å². The van der Waals surface area contributed by atoms with E-state index in [1.807, 2.05) is 24.5 Å². The number of allylic oxidation sites excluding steroid dienone is 3. The molecule has 0 spiro atoms. The third-order valence-electron chi connectivity index (χ3n) is 11.0. The summed E-state index contributed by atoms with van der Waals surface area (Å²) < 4.78 is 2.36. The second kappa shape index (κ2) is 12.4. The van der Waals surface area contributed by atoms with Gasteiger partial charge in [0.2, 0.25) is 0 Å². The number of pyridine rings is 1. The van der Waals surface area contributed by atoms with E-state index in [4.69, 9.17) is 0 Å². The first kappa shape index (κ1) is 31.5. The van der Waals surface area contributed by atoms with Crippen molar-refractivity contribution in [2.75, 3.05) is 4.90 Å². The molecule has 0 saturated heterocycles. The Morgan fingerprint density at radius 1 is 0.596 bits per heavy atom. The van der Waals surface area contributed by atoms with Gasteiger partial charge in [-0.25, -0.2) is 0 Å². The summed E-state index contributed by atoms with van der Waals surface area (Å²) in [5.41, 5.74) is 16.6. The molecule has 2 heterocycles. The molecule has 3 nitrogen and oxygen atoms in total. The molecule has 6 aromatic carbocycles. The van der Waals surface area contributed by atoms with E-state index in [9.17, 15) is 0 Å². The van der Waals surface area contributed by atoms with Crippen molar-refractivity contribution >= 4 is 44.4 Å². The lowest BCUT2D eigenvalue weighted by atomic mass is 9.82. The summed E-state index contributed by atoms with van der Waals surface area (Å²) in [7, 11) is 0. The molecule has 0 aliphatic heterocycles. The number of fused-ring (bicyclic) bond motifs is 4. The molecule has 52 heavy (non-hydrogen) atoms. The average molecular weight is 670 g/mol. The molecule has 2 aromatic heterocycles. The number of aromatic nitrogens is 2. The van der Waals surface area contributed by atoms with Crippen molar-refractivity contribution in [2.45, 2.75) is 26.2 Å². The highest BCUT2D eigenvalue weighted by Gasteiger charge is 2.35. The van der Waals surface area contributed by atoms with Crippen LogP contribution in [0.1, 0.15) is 31.9 Å². The monoisotopic (exact) mass is 669 g/mol. The summed E-state index contributed by atoms with van der Waals surface area (Å²) in [6, 6.07) is 54.9. The second-order valence-electron chi connectivity index (χ2n) is 14.2. The zero-order valence-corrected chi connectivity index (χ0v) is 29.7. The molecular weight excluding hydrogens is 631 g/mol. The molecule has 8 aromatic rings. The topological polar surface area (TPSA) is 21.1 Å². The maximum Gasteiger partial charge on any atom is 0.0541 e. The first-order chi connectivity index (χ1) is 25.4. The van der Waals surface area contributed by atoms with Gasteiger partial charge in [-0.3, -0.25) is 4.98 Å². The van der Waals surface area contributed by atoms with Crippen molar-refractivity contribution in [3.8, 4) is 27.9 Å². The normalized spacial score (nSPS) is 13.4. The predicted molar refractivity (Wildman–Crippen MR) is 220 cm³/mol. The lowest BCUT2D eigenvalue weighted by Crippen LogP contribution is -2.17. The third kappa shape index (κ3) is 5.08. The molecular formula is C49H39N3. The number of rotatable bonds is 7. The van der Waals surface area contributed by atoms with Crippen LogP contribution in [0.4, 0.5) is 17.1 Å². The highest BCUT2D eigenvalue weighted by atomic mass is 15.1. The van der Waals surface area contributed by atoms with E-state index in [-0.39, 0.29) is 5.41 Å². The molecule has 3 heteroatoms.